The van der Waals surface area contributed by atoms with Crippen molar-refractivity contribution in [2.75, 3.05) is 6.54 Å². The molecule has 3 amide bonds. The minimum atomic E-state index is -1.17. The first-order valence-corrected chi connectivity index (χ1v) is 11.0. The molecule has 0 aromatic heterocycles. The molecule has 1 fully saturated rings. The standard InChI is InChI=1S/C25H30N2O5/c1-3-22(26-24(29)32-17-20-12-8-5-9-13-20)23(28)27(25(30)31)16-21(14-18(27)2)15-19-10-6-4-7-11-19/h4-13,18,21-22H,3,14-17H2,1-2H3,(H-,26,29,30,31)/p+1/t18?,21-,22+,27?/m1/s1. The third-order valence-corrected chi connectivity index (χ3v) is 6.29. The number of hydrogen-bond donors (Lipinski definition) is 2. The average molecular weight is 440 g/mol. The summed E-state index contributed by atoms with van der Waals surface area (Å²) in [6.07, 6.45) is -0.277. The third-order valence-electron chi connectivity index (χ3n) is 6.29. The van der Waals surface area contributed by atoms with E-state index in [0.29, 0.717) is 6.42 Å². The number of imide groups is 1. The zero-order valence-electron chi connectivity index (χ0n) is 18.6. The molecule has 170 valence electrons. The lowest BCUT2D eigenvalue weighted by molar-refractivity contribution is -0.794. The molecule has 1 saturated heterocycles. The summed E-state index contributed by atoms with van der Waals surface area (Å²) in [6, 6.07) is 17.8. The van der Waals surface area contributed by atoms with Crippen LogP contribution in [-0.2, 0) is 22.6 Å². The Morgan fingerprint density at radius 2 is 1.66 bits per heavy atom. The van der Waals surface area contributed by atoms with Crippen LogP contribution in [0.25, 0.3) is 0 Å². The summed E-state index contributed by atoms with van der Waals surface area (Å²) in [4.78, 5) is 38.2. The van der Waals surface area contributed by atoms with Gasteiger partial charge in [-0.25, -0.2) is 9.59 Å². The Hall–Kier alpha value is -3.19. The zero-order chi connectivity index (χ0) is 23.1. The smallest absolute Gasteiger partial charge is 0.445 e. The Balaban J connectivity index is 1.69. The second-order valence-electron chi connectivity index (χ2n) is 8.48. The van der Waals surface area contributed by atoms with Crippen LogP contribution in [0, 0.1) is 5.92 Å². The van der Waals surface area contributed by atoms with E-state index in [4.69, 9.17) is 4.74 Å². The largest absolute Gasteiger partial charge is 0.521 e. The molecule has 7 heteroatoms. The molecule has 1 aliphatic rings. The van der Waals surface area contributed by atoms with Crippen molar-refractivity contribution in [3.05, 3.63) is 71.8 Å². The lowest BCUT2D eigenvalue weighted by Gasteiger charge is -2.32. The fourth-order valence-electron chi connectivity index (χ4n) is 4.61. The molecule has 2 N–H and O–H groups in total. The Kier molecular flexibility index (Phi) is 7.64. The minimum absolute atomic E-state index is 0.0648. The highest BCUT2D eigenvalue weighted by molar-refractivity contribution is 5.87. The van der Waals surface area contributed by atoms with Crippen molar-refractivity contribution in [2.45, 2.75) is 51.8 Å². The van der Waals surface area contributed by atoms with Crippen LogP contribution >= 0.6 is 0 Å². The molecule has 0 saturated carbocycles. The zero-order valence-corrected chi connectivity index (χ0v) is 18.6. The lowest BCUT2D eigenvalue weighted by Crippen LogP contribution is -2.64. The number of likely N-dealkylation sites (tertiary alicyclic amines) is 1. The van der Waals surface area contributed by atoms with Crippen LogP contribution in [0.3, 0.4) is 0 Å². The number of nitrogens with zero attached hydrogens (tertiary/aromatic N) is 1. The van der Waals surface area contributed by atoms with Crippen molar-refractivity contribution in [2.24, 2.45) is 5.92 Å². The number of alkyl carbamates (subject to hydrolysis) is 1. The summed E-state index contributed by atoms with van der Waals surface area (Å²) in [5, 5.41) is 12.7. The molecule has 1 aliphatic heterocycles. The van der Waals surface area contributed by atoms with Gasteiger partial charge in [-0.2, -0.15) is 9.28 Å². The van der Waals surface area contributed by atoms with Crippen molar-refractivity contribution in [1.82, 2.24) is 5.32 Å². The van der Waals surface area contributed by atoms with Crippen LogP contribution < -0.4 is 5.32 Å². The van der Waals surface area contributed by atoms with E-state index in [1.54, 1.807) is 13.8 Å². The first kappa shape index (κ1) is 23.5. The van der Waals surface area contributed by atoms with E-state index in [0.717, 1.165) is 17.5 Å². The quantitative estimate of drug-likeness (QED) is 0.625. The molecule has 0 radical (unpaired) electrons. The highest BCUT2D eigenvalue weighted by Gasteiger charge is 2.58. The van der Waals surface area contributed by atoms with Gasteiger partial charge in [-0.3, -0.25) is 0 Å². The predicted molar refractivity (Wildman–Crippen MR) is 120 cm³/mol. The van der Waals surface area contributed by atoms with Crippen LogP contribution in [0.15, 0.2) is 60.7 Å². The number of amides is 3. The van der Waals surface area contributed by atoms with Gasteiger partial charge in [-0.15, -0.1) is 0 Å². The molecule has 7 nitrogen and oxygen atoms in total. The number of nitrogens with one attached hydrogen (secondary N) is 1. The van der Waals surface area contributed by atoms with Crippen molar-refractivity contribution in [3.8, 4) is 0 Å². The molecule has 32 heavy (non-hydrogen) atoms. The van der Waals surface area contributed by atoms with Crippen LogP contribution in [0.4, 0.5) is 9.59 Å². The number of carbonyl (C=O) groups is 3. The van der Waals surface area contributed by atoms with Crippen molar-refractivity contribution in [1.29, 1.82) is 0 Å². The Labute approximate surface area is 188 Å². The van der Waals surface area contributed by atoms with E-state index in [2.05, 4.69) is 5.32 Å². The van der Waals surface area contributed by atoms with Crippen molar-refractivity contribution >= 4 is 18.1 Å². The molecule has 0 bridgehead atoms. The van der Waals surface area contributed by atoms with E-state index in [9.17, 15) is 19.5 Å². The summed E-state index contributed by atoms with van der Waals surface area (Å²) < 4.78 is 4.57. The predicted octanol–water partition coefficient (Wildman–Crippen LogP) is 4.36. The van der Waals surface area contributed by atoms with Gasteiger partial charge in [0.05, 0.1) is 6.54 Å². The molecule has 2 aromatic carbocycles. The lowest BCUT2D eigenvalue weighted by atomic mass is 9.97. The van der Waals surface area contributed by atoms with Gasteiger partial charge in [-0.1, -0.05) is 67.6 Å². The number of hydrogen-bond acceptors (Lipinski definition) is 4. The Morgan fingerprint density at radius 3 is 2.22 bits per heavy atom. The van der Waals surface area contributed by atoms with Crippen molar-refractivity contribution < 1.29 is 28.7 Å². The highest BCUT2D eigenvalue weighted by Crippen LogP contribution is 2.35. The van der Waals surface area contributed by atoms with E-state index in [1.165, 1.54) is 0 Å². The maximum absolute atomic E-state index is 13.5. The SMILES string of the molecule is CC[C@H](NC(=O)OCc1ccccc1)C(=O)[N+]1(C(=O)O)C[C@@H](Cc2ccccc2)CC1C. The maximum atomic E-state index is 13.5. The molecule has 4 atom stereocenters. The van der Waals surface area contributed by atoms with E-state index in [-0.39, 0.29) is 31.5 Å². The van der Waals surface area contributed by atoms with E-state index < -0.39 is 28.6 Å². The van der Waals surface area contributed by atoms with Crippen LogP contribution in [0.1, 0.15) is 37.8 Å². The molecule has 1 heterocycles. The molecule has 2 aromatic rings. The minimum Gasteiger partial charge on any atom is -0.445 e. The number of quaternary nitrogens is 1. The van der Waals surface area contributed by atoms with Gasteiger partial charge in [0.1, 0.15) is 18.7 Å². The monoisotopic (exact) mass is 439 g/mol. The molecule has 0 spiro atoms. The number of benzene rings is 2. The first-order chi connectivity index (χ1) is 15.4. The summed E-state index contributed by atoms with van der Waals surface area (Å²) in [5.41, 5.74) is 1.95. The van der Waals surface area contributed by atoms with E-state index >= 15 is 0 Å². The molecule has 3 rings (SSSR count). The average Bonchev–Trinajstić information content (AvgIpc) is 3.13. The van der Waals surface area contributed by atoms with Gasteiger partial charge in [0, 0.05) is 12.3 Å². The molecular formula is C25H31N2O5+. The normalized spacial score (nSPS) is 23.3. The molecular weight excluding hydrogens is 408 g/mol. The van der Waals surface area contributed by atoms with E-state index in [1.807, 2.05) is 60.7 Å². The molecule has 2 unspecified atom stereocenters. The van der Waals surface area contributed by atoms with Gasteiger partial charge in [-0.05, 0) is 30.9 Å². The summed E-state index contributed by atoms with van der Waals surface area (Å²) in [6.45, 7) is 3.84. The summed E-state index contributed by atoms with van der Waals surface area (Å²) in [7, 11) is 0. The first-order valence-electron chi connectivity index (χ1n) is 11.0. The second kappa shape index (κ2) is 10.4. The van der Waals surface area contributed by atoms with Gasteiger partial charge >= 0.3 is 18.1 Å². The second-order valence-corrected chi connectivity index (χ2v) is 8.48. The highest BCUT2D eigenvalue weighted by atomic mass is 16.5. The fraction of sp³-hybridized carbons (Fsp3) is 0.400. The molecule has 0 aliphatic carbocycles. The maximum Gasteiger partial charge on any atom is 0.521 e. The number of ether oxygens (including phenoxy) is 1. The van der Waals surface area contributed by atoms with Gasteiger partial charge < -0.3 is 15.2 Å². The van der Waals surface area contributed by atoms with Crippen molar-refractivity contribution in [3.63, 3.8) is 0 Å². The third kappa shape index (κ3) is 5.16. The fourth-order valence-corrected chi connectivity index (χ4v) is 4.61. The van der Waals surface area contributed by atoms with Crippen LogP contribution in [-0.4, -0.2) is 46.3 Å². The van der Waals surface area contributed by atoms with Crippen LogP contribution in [0.2, 0.25) is 0 Å². The number of carbonyl (C=O) groups excluding carboxylic acids is 2. The van der Waals surface area contributed by atoms with Crippen LogP contribution in [0.5, 0.6) is 0 Å². The summed E-state index contributed by atoms with van der Waals surface area (Å²) >= 11 is 0. The Morgan fingerprint density at radius 1 is 1.06 bits per heavy atom. The van der Waals surface area contributed by atoms with Gasteiger partial charge in [0.15, 0.2) is 0 Å². The van der Waals surface area contributed by atoms with Gasteiger partial charge in [0.2, 0.25) is 0 Å². The van der Waals surface area contributed by atoms with Gasteiger partial charge in [0.25, 0.3) is 0 Å². The Bertz CT molecular complexity index is 934. The topological polar surface area (TPSA) is 92.7 Å². The number of carboxylic acid groups (broad SMARTS) is 1. The number of rotatable bonds is 7. The summed E-state index contributed by atoms with van der Waals surface area (Å²) in [5.74, 6) is -0.435.